The molecular formula is C17H17Cl2N3O4. The topological polar surface area (TPSA) is 91.8 Å². The second kappa shape index (κ2) is 8.73. The summed E-state index contributed by atoms with van der Waals surface area (Å²) in [4.78, 5) is 28.0. The van der Waals surface area contributed by atoms with Crippen molar-refractivity contribution in [2.45, 2.75) is 6.42 Å². The van der Waals surface area contributed by atoms with Gasteiger partial charge in [0, 0.05) is 38.6 Å². The Morgan fingerprint density at radius 3 is 2.46 bits per heavy atom. The number of carboxylic acids is 1. The van der Waals surface area contributed by atoms with Crippen LogP contribution in [0.25, 0.3) is 0 Å². The molecule has 0 bridgehead atoms. The normalized spacial score (nSPS) is 10.3. The van der Waals surface area contributed by atoms with Crippen molar-refractivity contribution in [1.29, 1.82) is 0 Å². The highest BCUT2D eigenvalue weighted by Crippen LogP contribution is 2.38. The summed E-state index contributed by atoms with van der Waals surface area (Å²) < 4.78 is 5.71. The molecule has 0 aliphatic rings. The van der Waals surface area contributed by atoms with E-state index < -0.39 is 5.97 Å². The van der Waals surface area contributed by atoms with Crippen LogP contribution in [0.1, 0.15) is 16.9 Å². The maximum atomic E-state index is 12.0. The average molecular weight is 398 g/mol. The Kier molecular flexibility index (Phi) is 6.65. The van der Waals surface area contributed by atoms with E-state index in [1.54, 1.807) is 32.3 Å². The minimum atomic E-state index is -0.907. The van der Waals surface area contributed by atoms with E-state index in [0.717, 1.165) is 0 Å². The number of carbonyl (C=O) groups is 2. The summed E-state index contributed by atoms with van der Waals surface area (Å²) >= 11 is 12.4. The van der Waals surface area contributed by atoms with E-state index in [4.69, 9.17) is 33.0 Å². The Bertz CT molecular complexity index is 804. The number of hydrogen-bond donors (Lipinski definition) is 2. The van der Waals surface area contributed by atoms with Crippen molar-refractivity contribution in [2.24, 2.45) is 0 Å². The highest BCUT2D eigenvalue weighted by molar-refractivity contribution is 6.37. The number of benzene rings is 1. The van der Waals surface area contributed by atoms with Gasteiger partial charge < -0.3 is 20.1 Å². The number of carbonyl (C=O) groups excluding carboxylic acids is 1. The number of carboxylic acid groups (broad SMARTS) is 1. The molecule has 26 heavy (non-hydrogen) atoms. The minimum absolute atomic E-state index is 0.0345. The van der Waals surface area contributed by atoms with Gasteiger partial charge in [0.25, 0.3) is 5.91 Å². The third kappa shape index (κ3) is 5.24. The van der Waals surface area contributed by atoms with E-state index in [1.807, 2.05) is 0 Å². The minimum Gasteiger partial charge on any atom is -0.481 e. The highest BCUT2D eigenvalue weighted by Gasteiger charge is 2.14. The van der Waals surface area contributed by atoms with Crippen LogP contribution in [0.15, 0.2) is 30.5 Å². The van der Waals surface area contributed by atoms with Crippen molar-refractivity contribution in [3.05, 3.63) is 46.2 Å². The fourth-order valence-electron chi connectivity index (χ4n) is 2.01. The van der Waals surface area contributed by atoms with Crippen molar-refractivity contribution in [2.75, 3.05) is 26.0 Å². The van der Waals surface area contributed by atoms with Crippen molar-refractivity contribution < 1.29 is 19.4 Å². The van der Waals surface area contributed by atoms with Gasteiger partial charge in [-0.2, -0.15) is 0 Å². The van der Waals surface area contributed by atoms with Crippen LogP contribution < -0.4 is 10.1 Å². The number of hydrogen-bond acceptors (Lipinski definition) is 5. The van der Waals surface area contributed by atoms with E-state index in [2.05, 4.69) is 10.3 Å². The molecule has 0 unspecified atom stereocenters. The third-order valence-electron chi connectivity index (χ3n) is 3.24. The van der Waals surface area contributed by atoms with E-state index in [-0.39, 0.29) is 40.4 Å². The fraction of sp³-hybridized carbons (Fsp3) is 0.235. The molecule has 0 saturated heterocycles. The molecule has 9 heteroatoms. The van der Waals surface area contributed by atoms with E-state index in [0.29, 0.717) is 11.4 Å². The summed E-state index contributed by atoms with van der Waals surface area (Å²) in [7, 11) is 3.25. The number of ether oxygens (including phenoxy) is 1. The van der Waals surface area contributed by atoms with Crippen molar-refractivity contribution >= 4 is 40.8 Å². The molecule has 0 aliphatic carbocycles. The Balaban J connectivity index is 2.18. The van der Waals surface area contributed by atoms with Gasteiger partial charge in [-0.3, -0.25) is 14.6 Å². The number of halogens is 2. The van der Waals surface area contributed by atoms with Crippen LogP contribution in [-0.2, 0) is 4.79 Å². The molecule has 7 nitrogen and oxygen atoms in total. The lowest BCUT2D eigenvalue weighted by atomic mass is 10.2. The molecule has 0 radical (unpaired) electrons. The Labute approximate surface area is 160 Å². The molecule has 0 atom stereocenters. The van der Waals surface area contributed by atoms with Crippen molar-refractivity contribution in [1.82, 2.24) is 9.88 Å². The van der Waals surface area contributed by atoms with Crippen LogP contribution in [0.4, 0.5) is 5.69 Å². The molecule has 0 aliphatic heterocycles. The number of pyridine rings is 1. The first-order valence-corrected chi connectivity index (χ1v) is 8.34. The van der Waals surface area contributed by atoms with Gasteiger partial charge in [0.2, 0.25) is 0 Å². The zero-order chi connectivity index (χ0) is 19.3. The number of rotatable bonds is 7. The van der Waals surface area contributed by atoms with Gasteiger partial charge in [-0.25, -0.2) is 0 Å². The highest BCUT2D eigenvalue weighted by atomic mass is 35.5. The maximum absolute atomic E-state index is 12.0. The summed E-state index contributed by atoms with van der Waals surface area (Å²) in [5.41, 5.74) is 0.804. The first-order valence-electron chi connectivity index (χ1n) is 7.58. The monoisotopic (exact) mass is 397 g/mol. The zero-order valence-electron chi connectivity index (χ0n) is 14.1. The lowest BCUT2D eigenvalue weighted by Gasteiger charge is -2.14. The van der Waals surface area contributed by atoms with Crippen LogP contribution in [-0.4, -0.2) is 47.5 Å². The van der Waals surface area contributed by atoms with Crippen LogP contribution in [0.2, 0.25) is 10.0 Å². The molecule has 0 spiro atoms. The molecule has 2 aromatic rings. The summed E-state index contributed by atoms with van der Waals surface area (Å²) in [6, 6.07) is 6.24. The average Bonchev–Trinajstić information content (AvgIpc) is 2.57. The quantitative estimate of drug-likeness (QED) is 0.738. The van der Waals surface area contributed by atoms with Gasteiger partial charge in [-0.05, 0) is 18.2 Å². The smallest absolute Gasteiger partial charge is 0.305 e. The molecule has 1 aromatic heterocycles. The molecule has 1 amide bonds. The van der Waals surface area contributed by atoms with Gasteiger partial charge in [-0.1, -0.05) is 23.2 Å². The number of amides is 1. The number of aliphatic carboxylic acids is 1. The molecule has 138 valence electrons. The Hall–Kier alpha value is -2.51. The number of nitrogens with one attached hydrogen (secondary N) is 1. The summed E-state index contributed by atoms with van der Waals surface area (Å²) in [5, 5.41) is 12.1. The predicted molar refractivity (Wildman–Crippen MR) is 99.5 cm³/mol. The van der Waals surface area contributed by atoms with Crippen LogP contribution in [0.5, 0.6) is 11.5 Å². The third-order valence-corrected chi connectivity index (χ3v) is 3.80. The molecule has 1 aromatic carbocycles. The number of aromatic nitrogens is 1. The first kappa shape index (κ1) is 19.8. The Morgan fingerprint density at radius 1 is 1.23 bits per heavy atom. The second-order valence-corrected chi connectivity index (χ2v) is 6.33. The van der Waals surface area contributed by atoms with E-state index in [1.165, 1.54) is 17.2 Å². The molecule has 1 heterocycles. The van der Waals surface area contributed by atoms with E-state index >= 15 is 0 Å². The standard InChI is InChI=1S/C17H17Cl2N3O4/c1-22(2)17(25)14-9-11(3-5-21-14)26-16-12(18)7-10(8-13(16)19)20-6-4-15(23)24/h3,5,7-9,20H,4,6H2,1-2H3,(H,23,24). The lowest BCUT2D eigenvalue weighted by molar-refractivity contribution is -0.136. The molecular weight excluding hydrogens is 381 g/mol. The Morgan fingerprint density at radius 2 is 1.88 bits per heavy atom. The zero-order valence-corrected chi connectivity index (χ0v) is 15.6. The molecule has 0 fully saturated rings. The van der Waals surface area contributed by atoms with Gasteiger partial charge in [0.05, 0.1) is 16.5 Å². The van der Waals surface area contributed by atoms with Gasteiger partial charge >= 0.3 is 5.97 Å². The molecule has 2 rings (SSSR count). The summed E-state index contributed by atoms with van der Waals surface area (Å²) in [6.45, 7) is 0.239. The summed E-state index contributed by atoms with van der Waals surface area (Å²) in [5.74, 6) is -0.576. The van der Waals surface area contributed by atoms with E-state index in [9.17, 15) is 9.59 Å². The van der Waals surface area contributed by atoms with Crippen molar-refractivity contribution in [3.8, 4) is 11.5 Å². The van der Waals surface area contributed by atoms with Gasteiger partial charge in [-0.15, -0.1) is 0 Å². The van der Waals surface area contributed by atoms with Crippen LogP contribution >= 0.6 is 23.2 Å². The largest absolute Gasteiger partial charge is 0.481 e. The molecule has 2 N–H and O–H groups in total. The van der Waals surface area contributed by atoms with Gasteiger partial charge in [0.15, 0.2) is 5.75 Å². The van der Waals surface area contributed by atoms with Gasteiger partial charge in [0.1, 0.15) is 11.4 Å². The van der Waals surface area contributed by atoms with Crippen LogP contribution in [0.3, 0.4) is 0 Å². The number of anilines is 1. The fourth-order valence-corrected chi connectivity index (χ4v) is 2.58. The number of nitrogens with zero attached hydrogens (tertiary/aromatic N) is 2. The molecule has 0 saturated carbocycles. The lowest BCUT2D eigenvalue weighted by Crippen LogP contribution is -2.22. The first-order chi connectivity index (χ1) is 12.3. The maximum Gasteiger partial charge on any atom is 0.305 e. The summed E-state index contributed by atoms with van der Waals surface area (Å²) in [6.07, 6.45) is 1.42. The van der Waals surface area contributed by atoms with Crippen LogP contribution in [0, 0.1) is 0 Å². The van der Waals surface area contributed by atoms with Crippen molar-refractivity contribution in [3.63, 3.8) is 0 Å². The predicted octanol–water partition coefficient (Wildman–Crippen LogP) is 3.77. The second-order valence-electron chi connectivity index (χ2n) is 5.52. The SMILES string of the molecule is CN(C)C(=O)c1cc(Oc2c(Cl)cc(NCCC(=O)O)cc2Cl)ccn1.